The molecule has 0 N–H and O–H groups in total. The molecule has 1 atom stereocenters. The Kier molecular flexibility index (Phi) is 5.62. The van der Waals surface area contributed by atoms with Crippen LogP contribution < -0.4 is 9.47 Å². The van der Waals surface area contributed by atoms with Gasteiger partial charge in [0, 0.05) is 12.6 Å². The van der Waals surface area contributed by atoms with Gasteiger partial charge in [-0.25, -0.2) is 4.79 Å². The molecule has 0 radical (unpaired) electrons. The Bertz CT molecular complexity index is 611. The summed E-state index contributed by atoms with van der Waals surface area (Å²) in [6.45, 7) is 0.564. The van der Waals surface area contributed by atoms with E-state index < -0.39 is 6.04 Å². The molecule has 1 aliphatic rings. The number of esters is 1. The molecule has 0 aromatic heterocycles. The van der Waals surface area contributed by atoms with Crippen LogP contribution in [0.2, 0.25) is 0 Å². The van der Waals surface area contributed by atoms with E-state index in [0.29, 0.717) is 24.5 Å². The fourth-order valence-corrected chi connectivity index (χ4v) is 2.63. The summed E-state index contributed by atoms with van der Waals surface area (Å²) in [5.41, 5.74) is 0.810. The lowest BCUT2D eigenvalue weighted by Crippen LogP contribution is -2.40. The van der Waals surface area contributed by atoms with Crippen LogP contribution in [0.25, 0.3) is 6.08 Å². The quantitative estimate of drug-likeness (QED) is 0.612. The number of hydrogen-bond acceptors (Lipinski definition) is 5. The van der Waals surface area contributed by atoms with Crippen molar-refractivity contribution >= 4 is 18.0 Å². The molecule has 1 heterocycles. The molecule has 1 fully saturated rings. The van der Waals surface area contributed by atoms with Crippen molar-refractivity contribution in [2.75, 3.05) is 27.9 Å². The molecule has 1 unspecified atom stereocenters. The summed E-state index contributed by atoms with van der Waals surface area (Å²) < 4.78 is 15.2. The zero-order chi connectivity index (χ0) is 16.8. The van der Waals surface area contributed by atoms with Crippen LogP contribution in [0.5, 0.6) is 11.5 Å². The summed E-state index contributed by atoms with van der Waals surface area (Å²) in [4.78, 5) is 25.5. The first-order valence-electron chi connectivity index (χ1n) is 7.39. The van der Waals surface area contributed by atoms with E-state index in [4.69, 9.17) is 14.2 Å². The van der Waals surface area contributed by atoms with Gasteiger partial charge in [-0.05, 0) is 36.6 Å². The van der Waals surface area contributed by atoms with Crippen molar-refractivity contribution in [3.63, 3.8) is 0 Å². The van der Waals surface area contributed by atoms with Crippen LogP contribution in [0, 0.1) is 0 Å². The average Bonchev–Trinajstić information content (AvgIpc) is 3.08. The van der Waals surface area contributed by atoms with E-state index >= 15 is 0 Å². The summed E-state index contributed by atoms with van der Waals surface area (Å²) >= 11 is 0. The number of carbonyl (C=O) groups excluding carboxylic acids is 2. The lowest BCUT2D eigenvalue weighted by molar-refractivity contribution is -0.149. The molecule has 1 amide bonds. The number of likely N-dealkylation sites (tertiary alicyclic amines) is 1. The topological polar surface area (TPSA) is 65.1 Å². The molecule has 1 saturated heterocycles. The van der Waals surface area contributed by atoms with E-state index in [1.807, 2.05) is 6.07 Å². The smallest absolute Gasteiger partial charge is 0.328 e. The van der Waals surface area contributed by atoms with E-state index in [1.165, 1.54) is 13.2 Å². The lowest BCUT2D eigenvalue weighted by atomic mass is 10.1. The summed E-state index contributed by atoms with van der Waals surface area (Å²) in [7, 11) is 4.46. The number of rotatable bonds is 5. The highest BCUT2D eigenvalue weighted by molar-refractivity contribution is 5.95. The standard InChI is InChI=1S/C17H21NO5/c1-21-14-8-6-12(11-15(14)22-2)7-9-16(19)18-10-4-5-13(18)17(20)23-3/h6-9,11,13H,4-5,10H2,1-3H3/b9-7+. The van der Waals surface area contributed by atoms with Gasteiger partial charge in [0.2, 0.25) is 5.91 Å². The third kappa shape index (κ3) is 3.83. The molecule has 0 saturated carbocycles. The maximum Gasteiger partial charge on any atom is 0.328 e. The van der Waals surface area contributed by atoms with Gasteiger partial charge < -0.3 is 19.1 Å². The molecule has 0 aliphatic carbocycles. The molecule has 23 heavy (non-hydrogen) atoms. The summed E-state index contributed by atoms with van der Waals surface area (Å²) in [6.07, 6.45) is 4.60. The summed E-state index contributed by atoms with van der Waals surface area (Å²) in [6, 6.07) is 4.90. The lowest BCUT2D eigenvalue weighted by Gasteiger charge is -2.20. The minimum Gasteiger partial charge on any atom is -0.493 e. The predicted molar refractivity (Wildman–Crippen MR) is 85.3 cm³/mol. The number of hydrogen-bond donors (Lipinski definition) is 0. The molecule has 0 spiro atoms. The number of amides is 1. The van der Waals surface area contributed by atoms with Crippen molar-refractivity contribution < 1.29 is 23.8 Å². The Balaban J connectivity index is 2.10. The average molecular weight is 319 g/mol. The first-order chi connectivity index (χ1) is 11.1. The van der Waals surface area contributed by atoms with E-state index in [1.54, 1.807) is 37.3 Å². The van der Waals surface area contributed by atoms with Crippen molar-refractivity contribution in [1.29, 1.82) is 0 Å². The summed E-state index contributed by atoms with van der Waals surface area (Å²) in [5, 5.41) is 0. The van der Waals surface area contributed by atoms with Gasteiger partial charge in [-0.3, -0.25) is 4.79 Å². The second kappa shape index (κ2) is 7.67. The maximum absolute atomic E-state index is 12.3. The zero-order valence-corrected chi connectivity index (χ0v) is 13.6. The fourth-order valence-electron chi connectivity index (χ4n) is 2.63. The fraction of sp³-hybridized carbons (Fsp3) is 0.412. The maximum atomic E-state index is 12.3. The molecule has 0 bridgehead atoms. The van der Waals surface area contributed by atoms with Crippen LogP contribution in [0.1, 0.15) is 18.4 Å². The number of ether oxygens (including phenoxy) is 3. The minimum absolute atomic E-state index is 0.201. The molecule has 124 valence electrons. The number of nitrogens with zero attached hydrogens (tertiary/aromatic N) is 1. The number of methoxy groups -OCH3 is 3. The van der Waals surface area contributed by atoms with Crippen molar-refractivity contribution in [1.82, 2.24) is 4.90 Å². The van der Waals surface area contributed by atoms with Gasteiger partial charge in [-0.1, -0.05) is 6.07 Å². The van der Waals surface area contributed by atoms with Crippen LogP contribution >= 0.6 is 0 Å². The molecule has 1 aromatic carbocycles. The van der Waals surface area contributed by atoms with Gasteiger partial charge in [-0.15, -0.1) is 0 Å². The SMILES string of the molecule is COC(=O)C1CCCN1C(=O)/C=C/c1ccc(OC)c(OC)c1. The minimum atomic E-state index is -0.484. The van der Waals surface area contributed by atoms with Gasteiger partial charge >= 0.3 is 5.97 Å². The molecule has 1 aromatic rings. The van der Waals surface area contributed by atoms with E-state index in [-0.39, 0.29) is 11.9 Å². The summed E-state index contributed by atoms with van der Waals surface area (Å²) in [5.74, 6) is 0.653. The Morgan fingerprint density at radius 3 is 2.57 bits per heavy atom. The zero-order valence-electron chi connectivity index (χ0n) is 13.6. The van der Waals surface area contributed by atoms with Crippen LogP contribution in [0.4, 0.5) is 0 Å². The van der Waals surface area contributed by atoms with Crippen molar-refractivity contribution in [2.45, 2.75) is 18.9 Å². The van der Waals surface area contributed by atoms with Gasteiger partial charge in [0.05, 0.1) is 21.3 Å². The third-order valence-electron chi connectivity index (χ3n) is 3.84. The van der Waals surface area contributed by atoms with Crippen LogP contribution in [0.3, 0.4) is 0 Å². The third-order valence-corrected chi connectivity index (χ3v) is 3.84. The Morgan fingerprint density at radius 1 is 1.17 bits per heavy atom. The molecular formula is C17H21NO5. The van der Waals surface area contributed by atoms with Gasteiger partial charge in [0.25, 0.3) is 0 Å². The Morgan fingerprint density at radius 2 is 1.91 bits per heavy atom. The van der Waals surface area contributed by atoms with E-state index in [0.717, 1.165) is 12.0 Å². The normalized spacial score (nSPS) is 17.3. The highest BCUT2D eigenvalue weighted by atomic mass is 16.5. The second-order valence-electron chi connectivity index (χ2n) is 5.16. The first-order valence-corrected chi connectivity index (χ1v) is 7.39. The Hall–Kier alpha value is -2.50. The largest absolute Gasteiger partial charge is 0.493 e. The first kappa shape index (κ1) is 16.9. The van der Waals surface area contributed by atoms with Gasteiger partial charge in [-0.2, -0.15) is 0 Å². The highest BCUT2D eigenvalue weighted by Gasteiger charge is 2.33. The molecule has 6 heteroatoms. The van der Waals surface area contributed by atoms with Crippen LogP contribution in [-0.2, 0) is 14.3 Å². The van der Waals surface area contributed by atoms with Gasteiger partial charge in [0.15, 0.2) is 11.5 Å². The monoisotopic (exact) mass is 319 g/mol. The number of benzene rings is 1. The highest BCUT2D eigenvalue weighted by Crippen LogP contribution is 2.28. The van der Waals surface area contributed by atoms with Crippen molar-refractivity contribution in [3.8, 4) is 11.5 Å². The second-order valence-corrected chi connectivity index (χ2v) is 5.16. The molecule has 2 rings (SSSR count). The Labute approximate surface area is 135 Å². The molecule has 6 nitrogen and oxygen atoms in total. The predicted octanol–water partition coefficient (Wildman–Crippen LogP) is 1.88. The molecule has 1 aliphatic heterocycles. The van der Waals surface area contributed by atoms with Crippen molar-refractivity contribution in [3.05, 3.63) is 29.8 Å². The van der Waals surface area contributed by atoms with Crippen molar-refractivity contribution in [2.24, 2.45) is 0 Å². The van der Waals surface area contributed by atoms with Gasteiger partial charge in [0.1, 0.15) is 6.04 Å². The van der Waals surface area contributed by atoms with Crippen LogP contribution in [-0.4, -0.2) is 50.7 Å². The van der Waals surface area contributed by atoms with Crippen LogP contribution in [0.15, 0.2) is 24.3 Å². The van der Waals surface area contributed by atoms with E-state index in [2.05, 4.69) is 0 Å². The molecular weight excluding hydrogens is 298 g/mol. The van der Waals surface area contributed by atoms with E-state index in [9.17, 15) is 9.59 Å². The number of carbonyl (C=O) groups is 2.